The number of carbonyl (C=O) groups is 3. The largest absolute Gasteiger partial charge is 0.347 e. The molecule has 3 rings (SSSR count). The fraction of sp³-hybridized carbons (Fsp3) is 0.400. The van der Waals surface area contributed by atoms with Gasteiger partial charge in [0.15, 0.2) is 0 Å². The van der Waals surface area contributed by atoms with Gasteiger partial charge in [-0.1, -0.05) is 42.8 Å². The van der Waals surface area contributed by atoms with Gasteiger partial charge in [0.25, 0.3) is 0 Å². The number of aryl methyl sites for hydroxylation is 1. The minimum Gasteiger partial charge on any atom is -0.347 e. The fourth-order valence-corrected chi connectivity index (χ4v) is 3.88. The molecule has 0 unspecified atom stereocenters. The quantitative estimate of drug-likeness (QED) is 0.778. The molecule has 0 fully saturated rings. The monoisotopic (exact) mass is 421 g/mol. The second-order valence-electron chi connectivity index (χ2n) is 8.42. The van der Waals surface area contributed by atoms with Crippen LogP contribution in [0.2, 0.25) is 0 Å². The van der Waals surface area contributed by atoms with E-state index in [9.17, 15) is 14.4 Å². The highest BCUT2D eigenvalue weighted by Gasteiger charge is 2.35. The Hall–Kier alpha value is -3.15. The number of likely N-dealkylation sites (N-methyl/N-ethyl adjacent to an activating group) is 1. The number of carbonyl (C=O) groups excluding carboxylic acids is 3. The first-order chi connectivity index (χ1) is 14.8. The van der Waals surface area contributed by atoms with Gasteiger partial charge in [0.05, 0.1) is 6.42 Å². The molecular formula is C25H31N3O3. The van der Waals surface area contributed by atoms with E-state index in [4.69, 9.17) is 0 Å². The second-order valence-corrected chi connectivity index (χ2v) is 8.42. The molecule has 0 aliphatic carbocycles. The summed E-state index contributed by atoms with van der Waals surface area (Å²) in [6.45, 7) is 4.32. The van der Waals surface area contributed by atoms with Crippen LogP contribution in [0.15, 0.2) is 42.5 Å². The molecule has 164 valence electrons. The summed E-state index contributed by atoms with van der Waals surface area (Å²) in [7, 11) is 3.43. The molecular weight excluding hydrogens is 390 g/mol. The molecule has 31 heavy (non-hydrogen) atoms. The van der Waals surface area contributed by atoms with Gasteiger partial charge in [0.2, 0.25) is 17.7 Å². The molecule has 0 radical (unpaired) electrons. The van der Waals surface area contributed by atoms with Gasteiger partial charge in [-0.05, 0) is 42.2 Å². The predicted molar refractivity (Wildman–Crippen MR) is 122 cm³/mol. The van der Waals surface area contributed by atoms with E-state index < -0.39 is 6.04 Å². The summed E-state index contributed by atoms with van der Waals surface area (Å²) in [5.74, 6) is -0.176. The Balaban J connectivity index is 1.85. The van der Waals surface area contributed by atoms with Gasteiger partial charge in [-0.25, -0.2) is 0 Å². The molecule has 0 aromatic heterocycles. The maximum absolute atomic E-state index is 13.2. The van der Waals surface area contributed by atoms with Crippen molar-refractivity contribution in [1.82, 2.24) is 9.80 Å². The van der Waals surface area contributed by atoms with E-state index in [0.29, 0.717) is 19.4 Å². The van der Waals surface area contributed by atoms with E-state index in [1.807, 2.05) is 56.3 Å². The summed E-state index contributed by atoms with van der Waals surface area (Å²) in [5, 5.41) is 2.92. The SMILES string of the molecule is CCCC(=O)Nc1ccc2c(c1)CN(C(=O)Cc1ccc(C)cc1)[C@@H](C(=O)N(C)C)C2. The summed E-state index contributed by atoms with van der Waals surface area (Å²) in [6, 6.07) is 13.1. The Morgan fingerprint density at radius 2 is 1.77 bits per heavy atom. The summed E-state index contributed by atoms with van der Waals surface area (Å²) in [6.07, 6.45) is 1.97. The fourth-order valence-electron chi connectivity index (χ4n) is 3.88. The number of amides is 3. The second kappa shape index (κ2) is 9.77. The average Bonchev–Trinajstić information content (AvgIpc) is 2.74. The van der Waals surface area contributed by atoms with Crippen LogP contribution >= 0.6 is 0 Å². The zero-order valence-corrected chi connectivity index (χ0v) is 18.8. The molecule has 1 heterocycles. The Labute approximate surface area is 184 Å². The molecule has 1 atom stereocenters. The Morgan fingerprint density at radius 3 is 2.42 bits per heavy atom. The van der Waals surface area contributed by atoms with Crippen LogP contribution in [0.1, 0.15) is 42.0 Å². The lowest BCUT2D eigenvalue weighted by atomic mass is 9.92. The third kappa shape index (κ3) is 5.51. The molecule has 0 saturated carbocycles. The molecule has 1 aliphatic heterocycles. The number of hydrogen-bond acceptors (Lipinski definition) is 3. The van der Waals surface area contributed by atoms with Crippen LogP contribution in [0.3, 0.4) is 0 Å². The number of rotatable bonds is 6. The van der Waals surface area contributed by atoms with Crippen LogP contribution in [0.25, 0.3) is 0 Å². The topological polar surface area (TPSA) is 69.7 Å². The van der Waals surface area contributed by atoms with Crippen LogP contribution in [-0.2, 0) is 33.8 Å². The van der Waals surface area contributed by atoms with E-state index in [0.717, 1.165) is 34.4 Å². The van der Waals surface area contributed by atoms with Crippen LogP contribution in [0.5, 0.6) is 0 Å². The highest BCUT2D eigenvalue weighted by molar-refractivity contribution is 5.91. The van der Waals surface area contributed by atoms with Crippen molar-refractivity contribution >= 4 is 23.4 Å². The van der Waals surface area contributed by atoms with Gasteiger partial charge in [-0.2, -0.15) is 0 Å². The van der Waals surface area contributed by atoms with Gasteiger partial charge in [0.1, 0.15) is 6.04 Å². The molecule has 0 saturated heterocycles. The van der Waals surface area contributed by atoms with Crippen LogP contribution < -0.4 is 5.32 Å². The summed E-state index contributed by atoms with van der Waals surface area (Å²) >= 11 is 0. The van der Waals surface area contributed by atoms with Gasteiger partial charge < -0.3 is 15.1 Å². The Kier molecular flexibility index (Phi) is 7.10. The number of hydrogen-bond donors (Lipinski definition) is 1. The molecule has 2 aromatic carbocycles. The third-order valence-corrected chi connectivity index (χ3v) is 5.62. The predicted octanol–water partition coefficient (Wildman–Crippen LogP) is 3.32. The molecule has 1 aliphatic rings. The summed E-state index contributed by atoms with van der Waals surface area (Å²) in [5.41, 5.74) is 4.79. The van der Waals surface area contributed by atoms with Crippen molar-refractivity contribution in [3.05, 3.63) is 64.7 Å². The minimum absolute atomic E-state index is 0.0220. The zero-order chi connectivity index (χ0) is 22.5. The van der Waals surface area contributed by atoms with Gasteiger partial charge in [-0.3, -0.25) is 14.4 Å². The Morgan fingerprint density at radius 1 is 1.06 bits per heavy atom. The van der Waals surface area contributed by atoms with Crippen molar-refractivity contribution in [1.29, 1.82) is 0 Å². The van der Waals surface area contributed by atoms with Crippen molar-refractivity contribution in [2.24, 2.45) is 0 Å². The van der Waals surface area contributed by atoms with Crippen molar-refractivity contribution in [3.8, 4) is 0 Å². The smallest absolute Gasteiger partial charge is 0.245 e. The zero-order valence-electron chi connectivity index (χ0n) is 18.8. The lowest BCUT2D eigenvalue weighted by Crippen LogP contribution is -2.52. The van der Waals surface area contributed by atoms with Crippen LogP contribution in [0.4, 0.5) is 5.69 Å². The number of nitrogens with zero attached hydrogens (tertiary/aromatic N) is 2. The van der Waals surface area contributed by atoms with Crippen molar-refractivity contribution in [3.63, 3.8) is 0 Å². The molecule has 6 heteroatoms. The van der Waals surface area contributed by atoms with E-state index in [2.05, 4.69) is 5.32 Å². The highest BCUT2D eigenvalue weighted by atomic mass is 16.2. The van der Waals surface area contributed by atoms with E-state index >= 15 is 0 Å². The maximum Gasteiger partial charge on any atom is 0.245 e. The minimum atomic E-state index is -0.527. The first kappa shape index (κ1) is 22.5. The normalized spacial score (nSPS) is 15.2. The van der Waals surface area contributed by atoms with Crippen LogP contribution in [0, 0.1) is 6.92 Å². The van der Waals surface area contributed by atoms with Gasteiger partial charge in [0, 0.05) is 39.2 Å². The number of anilines is 1. The van der Waals surface area contributed by atoms with Crippen LogP contribution in [-0.4, -0.2) is 47.7 Å². The molecule has 1 N–H and O–H groups in total. The molecule has 6 nitrogen and oxygen atoms in total. The van der Waals surface area contributed by atoms with Gasteiger partial charge >= 0.3 is 0 Å². The third-order valence-electron chi connectivity index (χ3n) is 5.62. The molecule has 2 aromatic rings. The summed E-state index contributed by atoms with van der Waals surface area (Å²) in [4.78, 5) is 41.3. The summed E-state index contributed by atoms with van der Waals surface area (Å²) < 4.78 is 0. The molecule has 0 bridgehead atoms. The highest BCUT2D eigenvalue weighted by Crippen LogP contribution is 2.28. The number of benzene rings is 2. The number of fused-ring (bicyclic) bond motifs is 1. The average molecular weight is 422 g/mol. The maximum atomic E-state index is 13.2. The molecule has 3 amide bonds. The van der Waals surface area contributed by atoms with Gasteiger partial charge in [-0.15, -0.1) is 0 Å². The standard InChI is InChI=1S/C25H31N3O3/c1-5-6-23(29)26-21-12-11-19-15-22(25(31)27(3)4)28(16-20(19)14-21)24(30)13-18-9-7-17(2)8-10-18/h7-12,14,22H,5-6,13,15-16H2,1-4H3,(H,26,29)/t22-/m1/s1. The number of nitrogens with one attached hydrogen (secondary N) is 1. The van der Waals surface area contributed by atoms with Crippen molar-refractivity contribution in [2.45, 2.75) is 52.1 Å². The first-order valence-corrected chi connectivity index (χ1v) is 10.8. The van der Waals surface area contributed by atoms with E-state index in [1.165, 1.54) is 0 Å². The van der Waals surface area contributed by atoms with E-state index in [1.54, 1.807) is 23.9 Å². The lowest BCUT2D eigenvalue weighted by Gasteiger charge is -2.37. The lowest BCUT2D eigenvalue weighted by molar-refractivity contribution is -0.145. The first-order valence-electron chi connectivity index (χ1n) is 10.8. The van der Waals surface area contributed by atoms with Crippen molar-refractivity contribution < 1.29 is 14.4 Å². The molecule has 0 spiro atoms. The Bertz CT molecular complexity index is 966. The van der Waals surface area contributed by atoms with E-state index in [-0.39, 0.29) is 24.1 Å². The van der Waals surface area contributed by atoms with Crippen molar-refractivity contribution in [2.75, 3.05) is 19.4 Å².